The molecule has 3 rings (SSSR count). The Morgan fingerprint density at radius 3 is 2.75 bits per heavy atom. The average molecular weight is 327 g/mol. The summed E-state index contributed by atoms with van der Waals surface area (Å²) >= 11 is 0. The first-order chi connectivity index (χ1) is 11.6. The van der Waals surface area contributed by atoms with E-state index in [-0.39, 0.29) is 12.1 Å². The van der Waals surface area contributed by atoms with Crippen LogP contribution in [0.5, 0.6) is 0 Å². The Balaban J connectivity index is 1.62. The Morgan fingerprint density at radius 2 is 2.08 bits per heavy atom. The molecule has 6 nitrogen and oxygen atoms in total. The van der Waals surface area contributed by atoms with E-state index in [9.17, 15) is 4.79 Å². The minimum Gasteiger partial charge on any atom is -0.459 e. The van der Waals surface area contributed by atoms with Crippen LogP contribution < -0.4 is 10.6 Å². The van der Waals surface area contributed by atoms with Gasteiger partial charge in [0.15, 0.2) is 0 Å². The quantitative estimate of drug-likeness (QED) is 0.742. The Morgan fingerprint density at radius 1 is 1.29 bits per heavy atom. The number of carbonyl (C=O) groups is 1. The monoisotopic (exact) mass is 327 g/mol. The van der Waals surface area contributed by atoms with Gasteiger partial charge in [0.05, 0.1) is 18.3 Å². The van der Waals surface area contributed by atoms with E-state index in [1.807, 2.05) is 51.1 Å². The summed E-state index contributed by atoms with van der Waals surface area (Å²) in [5.74, 6) is 1.45. The van der Waals surface area contributed by atoms with E-state index in [2.05, 4.69) is 15.8 Å². The molecule has 0 aliphatic heterocycles. The number of amides is 2. The van der Waals surface area contributed by atoms with Crippen LogP contribution in [-0.4, -0.2) is 11.2 Å². The first kappa shape index (κ1) is 16.1. The molecule has 1 aromatic carbocycles. The first-order valence-electron chi connectivity index (χ1n) is 8.03. The highest BCUT2D eigenvalue weighted by atomic mass is 16.5. The number of furan rings is 1. The molecular weight excluding hydrogens is 306 g/mol. The number of nitrogens with zero attached hydrogens (tertiary/aromatic N) is 1. The van der Waals surface area contributed by atoms with Crippen LogP contribution in [0.2, 0.25) is 0 Å². The highest BCUT2D eigenvalue weighted by molar-refractivity contribution is 5.78. The Hall–Kier alpha value is -2.76. The number of rotatable bonds is 5. The maximum absolute atomic E-state index is 12.2. The largest absolute Gasteiger partial charge is 0.459 e. The van der Waals surface area contributed by atoms with Crippen LogP contribution in [0.4, 0.5) is 4.79 Å². The van der Waals surface area contributed by atoms with Gasteiger partial charge in [-0.25, -0.2) is 4.79 Å². The summed E-state index contributed by atoms with van der Waals surface area (Å²) in [5, 5.41) is 10.8. The molecule has 0 radical (unpaired) electrons. The third kappa shape index (κ3) is 3.27. The lowest BCUT2D eigenvalue weighted by molar-refractivity contribution is 0.235. The number of benzene rings is 1. The number of hydrogen-bond donors (Lipinski definition) is 2. The van der Waals surface area contributed by atoms with Gasteiger partial charge in [0.25, 0.3) is 0 Å². The molecule has 2 N–H and O–H groups in total. The van der Waals surface area contributed by atoms with Gasteiger partial charge in [0, 0.05) is 10.9 Å². The number of hydrogen-bond acceptors (Lipinski definition) is 4. The van der Waals surface area contributed by atoms with Crippen LogP contribution in [-0.2, 0) is 6.54 Å². The Bertz CT molecular complexity index is 798. The molecule has 0 saturated heterocycles. The zero-order chi connectivity index (χ0) is 17.1. The van der Waals surface area contributed by atoms with Crippen molar-refractivity contribution in [1.82, 2.24) is 15.8 Å². The predicted octanol–water partition coefficient (Wildman–Crippen LogP) is 3.99. The van der Waals surface area contributed by atoms with E-state index in [0.29, 0.717) is 6.54 Å². The van der Waals surface area contributed by atoms with Crippen LogP contribution in [0.1, 0.15) is 42.2 Å². The van der Waals surface area contributed by atoms with E-state index in [0.717, 1.165) is 40.2 Å². The van der Waals surface area contributed by atoms with E-state index in [4.69, 9.17) is 8.94 Å². The van der Waals surface area contributed by atoms with Crippen molar-refractivity contribution in [3.8, 4) is 0 Å². The van der Waals surface area contributed by atoms with Crippen molar-refractivity contribution in [2.24, 2.45) is 0 Å². The minimum atomic E-state index is -0.248. The second-order valence-corrected chi connectivity index (χ2v) is 5.78. The minimum absolute atomic E-state index is 0.132. The molecule has 0 spiro atoms. The second kappa shape index (κ2) is 6.78. The molecule has 2 heterocycles. The zero-order valence-electron chi connectivity index (χ0n) is 14.1. The summed E-state index contributed by atoms with van der Waals surface area (Å²) in [6.07, 6.45) is 0.751. The van der Waals surface area contributed by atoms with Crippen molar-refractivity contribution in [2.45, 2.75) is 39.8 Å². The van der Waals surface area contributed by atoms with Crippen LogP contribution in [0, 0.1) is 13.8 Å². The highest BCUT2D eigenvalue weighted by Gasteiger charge is 2.20. The second-order valence-electron chi connectivity index (χ2n) is 5.78. The number of aromatic nitrogens is 1. The lowest BCUT2D eigenvalue weighted by Crippen LogP contribution is -2.37. The van der Waals surface area contributed by atoms with Gasteiger partial charge in [-0.05, 0) is 32.4 Å². The van der Waals surface area contributed by atoms with Gasteiger partial charge >= 0.3 is 6.03 Å². The number of aryl methyl sites for hydroxylation is 2. The zero-order valence-corrected chi connectivity index (χ0v) is 14.1. The Labute approximate surface area is 140 Å². The van der Waals surface area contributed by atoms with E-state index < -0.39 is 0 Å². The van der Waals surface area contributed by atoms with E-state index in [1.165, 1.54) is 0 Å². The molecular formula is C18H21N3O3. The van der Waals surface area contributed by atoms with Crippen LogP contribution >= 0.6 is 0 Å². The summed E-state index contributed by atoms with van der Waals surface area (Å²) < 4.78 is 10.9. The van der Waals surface area contributed by atoms with Crippen molar-refractivity contribution in [3.05, 3.63) is 53.1 Å². The molecule has 0 saturated carbocycles. The summed E-state index contributed by atoms with van der Waals surface area (Å²) in [5.41, 5.74) is 2.56. The summed E-state index contributed by atoms with van der Waals surface area (Å²) in [4.78, 5) is 12.2. The number of fused-ring (bicyclic) bond motifs is 1. The van der Waals surface area contributed by atoms with Crippen LogP contribution in [0.3, 0.4) is 0 Å². The maximum atomic E-state index is 12.2. The lowest BCUT2D eigenvalue weighted by Gasteiger charge is -2.17. The fraction of sp³-hybridized carbons (Fsp3) is 0.333. The Kier molecular flexibility index (Phi) is 4.55. The topological polar surface area (TPSA) is 80.3 Å². The van der Waals surface area contributed by atoms with Gasteiger partial charge in [0.2, 0.25) is 0 Å². The summed E-state index contributed by atoms with van der Waals surface area (Å²) in [6, 6.07) is 9.31. The standard InChI is InChI=1S/C18H21N3O3/c1-4-15(17-11(2)21-24-12(17)3)20-18(22)19-10-14-9-13-7-5-6-8-16(13)23-14/h5-9,15H,4,10H2,1-3H3,(H2,19,20,22). The molecule has 2 amide bonds. The summed E-state index contributed by atoms with van der Waals surface area (Å²) in [7, 11) is 0. The molecule has 6 heteroatoms. The van der Waals surface area contributed by atoms with Gasteiger partial charge in [-0.1, -0.05) is 30.3 Å². The number of urea groups is 1. The van der Waals surface area contributed by atoms with E-state index in [1.54, 1.807) is 0 Å². The van der Waals surface area contributed by atoms with Gasteiger partial charge in [-0.15, -0.1) is 0 Å². The molecule has 0 bridgehead atoms. The molecule has 126 valence electrons. The van der Waals surface area contributed by atoms with E-state index >= 15 is 0 Å². The van der Waals surface area contributed by atoms with Gasteiger partial charge in [-0.3, -0.25) is 0 Å². The molecule has 1 unspecified atom stereocenters. The number of para-hydroxylation sites is 1. The molecule has 1 atom stereocenters. The third-order valence-corrected chi connectivity index (χ3v) is 4.05. The SMILES string of the molecule is CCC(NC(=O)NCc1cc2ccccc2o1)c1c(C)noc1C. The van der Waals surface area contributed by atoms with Gasteiger partial charge in [-0.2, -0.15) is 0 Å². The smallest absolute Gasteiger partial charge is 0.315 e. The fourth-order valence-corrected chi connectivity index (χ4v) is 2.87. The summed E-state index contributed by atoms with van der Waals surface area (Å²) in [6.45, 7) is 6.07. The predicted molar refractivity (Wildman–Crippen MR) is 90.6 cm³/mol. The van der Waals surface area contributed by atoms with Crippen molar-refractivity contribution < 1.29 is 13.7 Å². The number of nitrogens with one attached hydrogen (secondary N) is 2. The molecule has 0 aliphatic carbocycles. The third-order valence-electron chi connectivity index (χ3n) is 4.05. The molecule has 0 fully saturated rings. The maximum Gasteiger partial charge on any atom is 0.315 e. The van der Waals surface area contributed by atoms with Gasteiger partial charge in [0.1, 0.15) is 17.1 Å². The van der Waals surface area contributed by atoms with Crippen molar-refractivity contribution in [3.63, 3.8) is 0 Å². The molecule has 24 heavy (non-hydrogen) atoms. The fourth-order valence-electron chi connectivity index (χ4n) is 2.87. The van der Waals surface area contributed by atoms with Crippen molar-refractivity contribution in [1.29, 1.82) is 0 Å². The first-order valence-corrected chi connectivity index (χ1v) is 8.03. The molecule has 0 aliphatic rings. The lowest BCUT2D eigenvalue weighted by atomic mass is 10.0. The average Bonchev–Trinajstić information content (AvgIpc) is 3.14. The van der Waals surface area contributed by atoms with Crippen molar-refractivity contribution >= 4 is 17.0 Å². The molecule has 3 aromatic rings. The van der Waals surface area contributed by atoms with Crippen LogP contribution in [0.25, 0.3) is 11.0 Å². The van der Waals surface area contributed by atoms with Crippen LogP contribution in [0.15, 0.2) is 39.3 Å². The highest BCUT2D eigenvalue weighted by Crippen LogP contribution is 2.24. The molecule has 2 aromatic heterocycles. The number of carbonyl (C=O) groups excluding carboxylic acids is 1. The van der Waals surface area contributed by atoms with Crippen molar-refractivity contribution in [2.75, 3.05) is 0 Å². The normalized spacial score (nSPS) is 12.3. The van der Waals surface area contributed by atoms with Gasteiger partial charge < -0.3 is 19.6 Å².